The number of nitrogens with one attached hydrogen (secondary N) is 2. The average Bonchev–Trinajstić information content (AvgIpc) is 3.45. The fourth-order valence-electron chi connectivity index (χ4n) is 4.08. The first-order chi connectivity index (χ1) is 15.9. The zero-order chi connectivity index (χ0) is 23.4. The Bertz CT molecular complexity index is 1110. The summed E-state index contributed by atoms with van der Waals surface area (Å²) in [6.45, 7) is 5.54. The van der Waals surface area contributed by atoms with Gasteiger partial charge in [0.2, 0.25) is 10.0 Å². The summed E-state index contributed by atoms with van der Waals surface area (Å²) in [6.07, 6.45) is 2.59. The molecule has 1 saturated heterocycles. The Hall–Kier alpha value is -2.62. The van der Waals surface area contributed by atoms with Crippen LogP contribution in [0.4, 0.5) is 0 Å². The molecule has 9 heteroatoms. The number of hydrogen-bond acceptors (Lipinski definition) is 6. The fraction of sp³-hybridized carbons (Fsp3) is 0.458. The summed E-state index contributed by atoms with van der Waals surface area (Å²) in [5, 5.41) is 2.86. The van der Waals surface area contributed by atoms with Crippen molar-refractivity contribution in [2.45, 2.75) is 56.8 Å². The van der Waals surface area contributed by atoms with Gasteiger partial charge in [-0.25, -0.2) is 13.1 Å². The van der Waals surface area contributed by atoms with E-state index in [9.17, 15) is 13.2 Å². The highest BCUT2D eigenvalue weighted by Crippen LogP contribution is 2.35. The molecular formula is C24H30N2O6S. The minimum Gasteiger partial charge on any atom is -0.494 e. The SMILES string of the molecule is CCOc1cc2c(cc1CNC(=O)c1cccc(S(=O)(=O)NC[C@@H]3CCCO3)c1)O[C@H](C)C2. The van der Waals surface area contributed by atoms with Gasteiger partial charge in [0.15, 0.2) is 0 Å². The molecule has 0 saturated carbocycles. The molecule has 2 aliphatic heterocycles. The van der Waals surface area contributed by atoms with Crippen molar-refractivity contribution in [2.75, 3.05) is 19.8 Å². The second-order valence-corrected chi connectivity index (χ2v) is 10.1. The van der Waals surface area contributed by atoms with Crippen LogP contribution in [-0.2, 0) is 27.7 Å². The third-order valence-corrected chi connectivity index (χ3v) is 7.17. The third-order valence-electron chi connectivity index (χ3n) is 5.75. The smallest absolute Gasteiger partial charge is 0.251 e. The number of carbonyl (C=O) groups is 1. The van der Waals surface area contributed by atoms with Crippen molar-refractivity contribution in [2.24, 2.45) is 0 Å². The molecule has 2 aromatic rings. The van der Waals surface area contributed by atoms with Crippen LogP contribution in [0.25, 0.3) is 0 Å². The van der Waals surface area contributed by atoms with Crippen LogP contribution in [0.15, 0.2) is 41.3 Å². The third kappa shape index (κ3) is 5.66. The van der Waals surface area contributed by atoms with Crippen molar-refractivity contribution in [1.82, 2.24) is 10.0 Å². The lowest BCUT2D eigenvalue weighted by molar-refractivity contribution is 0.0950. The van der Waals surface area contributed by atoms with Crippen LogP contribution in [0.2, 0.25) is 0 Å². The largest absolute Gasteiger partial charge is 0.494 e. The molecule has 4 rings (SSSR count). The lowest BCUT2D eigenvalue weighted by Gasteiger charge is -2.14. The van der Waals surface area contributed by atoms with E-state index in [1.807, 2.05) is 26.0 Å². The lowest BCUT2D eigenvalue weighted by Crippen LogP contribution is -2.32. The van der Waals surface area contributed by atoms with Gasteiger partial charge < -0.3 is 19.5 Å². The van der Waals surface area contributed by atoms with Gasteiger partial charge in [-0.05, 0) is 57.0 Å². The number of benzene rings is 2. The average molecular weight is 475 g/mol. The Kier molecular flexibility index (Phi) is 7.21. The molecule has 178 valence electrons. The summed E-state index contributed by atoms with van der Waals surface area (Å²) < 4.78 is 45.0. The number of sulfonamides is 1. The fourth-order valence-corrected chi connectivity index (χ4v) is 5.19. The minimum absolute atomic E-state index is 0.0445. The Morgan fingerprint density at radius 1 is 1.24 bits per heavy atom. The molecule has 1 fully saturated rings. The number of carbonyl (C=O) groups excluding carboxylic acids is 1. The zero-order valence-electron chi connectivity index (χ0n) is 18.9. The monoisotopic (exact) mass is 474 g/mol. The molecule has 8 nitrogen and oxygen atoms in total. The predicted molar refractivity (Wildman–Crippen MR) is 123 cm³/mol. The Labute approximate surface area is 194 Å². The maximum atomic E-state index is 12.8. The van der Waals surface area contributed by atoms with Crippen LogP contribution in [-0.4, -0.2) is 46.3 Å². The summed E-state index contributed by atoms with van der Waals surface area (Å²) >= 11 is 0. The molecule has 2 atom stereocenters. The molecule has 2 heterocycles. The second-order valence-electron chi connectivity index (χ2n) is 8.33. The highest BCUT2D eigenvalue weighted by atomic mass is 32.2. The second kappa shape index (κ2) is 10.1. The number of fused-ring (bicyclic) bond motifs is 1. The summed E-state index contributed by atoms with van der Waals surface area (Å²) in [7, 11) is -3.74. The van der Waals surface area contributed by atoms with Crippen LogP contribution in [0.3, 0.4) is 0 Å². The standard InChI is InChI=1S/C24H30N2O6S/c1-3-30-22-12-18-10-16(2)32-23(18)13-19(22)14-25-24(27)17-6-4-8-21(11-17)33(28,29)26-15-20-7-5-9-31-20/h4,6,8,11-13,16,20,26H,3,5,7,9-10,14-15H2,1-2H3,(H,25,27)/t16-,20+/m1/s1. The summed E-state index contributed by atoms with van der Waals surface area (Å²) in [6, 6.07) is 9.87. The van der Waals surface area contributed by atoms with E-state index in [0.29, 0.717) is 19.0 Å². The molecule has 0 unspecified atom stereocenters. The number of amides is 1. The van der Waals surface area contributed by atoms with Crippen molar-refractivity contribution in [3.63, 3.8) is 0 Å². The van der Waals surface area contributed by atoms with E-state index < -0.39 is 10.0 Å². The van der Waals surface area contributed by atoms with Gasteiger partial charge in [0.1, 0.15) is 17.6 Å². The minimum atomic E-state index is -3.74. The van der Waals surface area contributed by atoms with E-state index in [4.69, 9.17) is 14.2 Å². The van der Waals surface area contributed by atoms with Crippen LogP contribution < -0.4 is 19.5 Å². The first-order valence-corrected chi connectivity index (χ1v) is 12.8. The molecule has 1 amide bonds. The van der Waals surface area contributed by atoms with E-state index in [0.717, 1.165) is 36.1 Å². The van der Waals surface area contributed by atoms with E-state index in [2.05, 4.69) is 10.0 Å². The van der Waals surface area contributed by atoms with Gasteiger partial charge in [-0.2, -0.15) is 0 Å². The predicted octanol–water partition coefficient (Wildman–Crippen LogP) is 2.80. The van der Waals surface area contributed by atoms with Gasteiger partial charge in [-0.15, -0.1) is 0 Å². The maximum Gasteiger partial charge on any atom is 0.251 e. The van der Waals surface area contributed by atoms with E-state index in [1.54, 1.807) is 12.1 Å². The van der Waals surface area contributed by atoms with Gasteiger partial charge in [-0.1, -0.05) is 6.07 Å². The van der Waals surface area contributed by atoms with Crippen molar-refractivity contribution in [1.29, 1.82) is 0 Å². The molecule has 0 bridgehead atoms. The maximum absolute atomic E-state index is 12.8. The van der Waals surface area contributed by atoms with Gasteiger partial charge in [0, 0.05) is 42.8 Å². The van der Waals surface area contributed by atoms with Crippen LogP contribution in [0, 0.1) is 0 Å². The molecule has 0 spiro atoms. The number of rotatable bonds is 9. The first-order valence-electron chi connectivity index (χ1n) is 11.3. The molecule has 0 aromatic heterocycles. The van der Waals surface area contributed by atoms with Gasteiger partial charge >= 0.3 is 0 Å². The Morgan fingerprint density at radius 3 is 2.85 bits per heavy atom. The normalized spacial score (nSPS) is 19.7. The molecule has 0 radical (unpaired) electrons. The van der Waals surface area contributed by atoms with Crippen LogP contribution in [0.1, 0.15) is 48.2 Å². The highest BCUT2D eigenvalue weighted by molar-refractivity contribution is 7.89. The topological polar surface area (TPSA) is 103 Å². The van der Waals surface area contributed by atoms with Crippen molar-refractivity contribution >= 4 is 15.9 Å². The van der Waals surface area contributed by atoms with E-state index in [1.165, 1.54) is 12.1 Å². The Morgan fingerprint density at radius 2 is 2.09 bits per heavy atom. The Balaban J connectivity index is 1.43. The zero-order valence-corrected chi connectivity index (χ0v) is 19.7. The van der Waals surface area contributed by atoms with Crippen molar-refractivity contribution in [3.05, 3.63) is 53.1 Å². The molecule has 2 N–H and O–H groups in total. The quantitative estimate of drug-likeness (QED) is 0.579. The molecule has 2 aliphatic rings. The molecule has 33 heavy (non-hydrogen) atoms. The van der Waals surface area contributed by atoms with Crippen LogP contribution >= 0.6 is 0 Å². The van der Waals surface area contributed by atoms with Crippen LogP contribution in [0.5, 0.6) is 11.5 Å². The van der Waals surface area contributed by atoms with Gasteiger partial charge in [0.05, 0.1) is 17.6 Å². The molecular weight excluding hydrogens is 444 g/mol. The number of ether oxygens (including phenoxy) is 3. The van der Waals surface area contributed by atoms with Gasteiger partial charge in [0.25, 0.3) is 5.91 Å². The number of hydrogen-bond donors (Lipinski definition) is 2. The van der Waals surface area contributed by atoms with Gasteiger partial charge in [-0.3, -0.25) is 4.79 Å². The van der Waals surface area contributed by atoms with E-state index >= 15 is 0 Å². The lowest BCUT2D eigenvalue weighted by atomic mass is 10.1. The highest BCUT2D eigenvalue weighted by Gasteiger charge is 2.23. The van der Waals surface area contributed by atoms with Crippen molar-refractivity contribution in [3.8, 4) is 11.5 Å². The van der Waals surface area contributed by atoms with Crippen molar-refractivity contribution < 1.29 is 27.4 Å². The molecule has 2 aromatic carbocycles. The first kappa shape index (κ1) is 23.5. The molecule has 0 aliphatic carbocycles. The summed E-state index contributed by atoms with van der Waals surface area (Å²) in [5.41, 5.74) is 2.16. The summed E-state index contributed by atoms with van der Waals surface area (Å²) in [5.74, 6) is 1.15. The van der Waals surface area contributed by atoms with E-state index in [-0.39, 0.29) is 41.7 Å². The summed E-state index contributed by atoms with van der Waals surface area (Å²) in [4.78, 5) is 12.8.